The number of rotatable bonds is 7. The molecular weight excluding hydrogens is 396 g/mol. The van der Waals surface area contributed by atoms with E-state index in [2.05, 4.69) is 0 Å². The standard InChI is InChI=1S/C28H30N2O2/c29-27(31)28(23-7-3-1-4-8-23,24-9-5-2-6-10-24)25-14-17-30(20-25)16-13-21-11-12-26-22(19-21)15-18-32-26/h1-12,19,25H,13-18,20H2,(H2,29,31)/i13D2,16D2. The number of primary amides is 1. The average molecular weight is 431 g/mol. The van der Waals surface area contributed by atoms with Gasteiger partial charge in [0, 0.05) is 24.9 Å². The molecule has 4 heteroatoms. The predicted molar refractivity (Wildman–Crippen MR) is 127 cm³/mol. The molecule has 3 aromatic carbocycles. The van der Waals surface area contributed by atoms with Gasteiger partial charge in [0.1, 0.15) is 11.2 Å². The van der Waals surface area contributed by atoms with E-state index in [-0.39, 0.29) is 18.0 Å². The largest absolute Gasteiger partial charge is 0.493 e. The lowest BCUT2D eigenvalue weighted by molar-refractivity contribution is -0.123. The molecule has 32 heavy (non-hydrogen) atoms. The molecule has 5 rings (SSSR count). The third kappa shape index (κ3) is 3.69. The number of benzene rings is 3. The molecule has 1 saturated heterocycles. The molecule has 1 atom stereocenters. The third-order valence-corrected chi connectivity index (χ3v) is 6.70. The van der Waals surface area contributed by atoms with E-state index in [4.69, 9.17) is 16.0 Å². The molecule has 0 spiro atoms. The van der Waals surface area contributed by atoms with Gasteiger partial charge in [-0.1, -0.05) is 72.8 Å². The third-order valence-electron chi connectivity index (χ3n) is 6.70. The number of aryl methyl sites for hydroxylation is 1. The highest BCUT2D eigenvalue weighted by molar-refractivity contribution is 5.91. The molecule has 0 bridgehead atoms. The summed E-state index contributed by atoms with van der Waals surface area (Å²) in [6.45, 7) is -1.27. The molecule has 0 saturated carbocycles. The van der Waals surface area contributed by atoms with Gasteiger partial charge >= 0.3 is 0 Å². The smallest absolute Gasteiger partial charge is 0.232 e. The quantitative estimate of drug-likeness (QED) is 0.617. The van der Waals surface area contributed by atoms with Crippen LogP contribution in [0.5, 0.6) is 5.75 Å². The van der Waals surface area contributed by atoms with E-state index in [0.717, 1.165) is 22.4 Å². The summed E-state index contributed by atoms with van der Waals surface area (Å²) >= 11 is 0. The first kappa shape index (κ1) is 16.5. The molecule has 0 radical (unpaired) electrons. The Hall–Kier alpha value is -3.11. The number of carbonyl (C=O) groups is 1. The summed E-state index contributed by atoms with van der Waals surface area (Å²) in [6.07, 6.45) is -1.10. The van der Waals surface area contributed by atoms with Crippen LogP contribution >= 0.6 is 0 Å². The normalized spacial score (nSPS) is 21.1. The zero-order valence-corrected chi connectivity index (χ0v) is 18.0. The van der Waals surface area contributed by atoms with Crippen LogP contribution in [0.1, 0.15) is 34.2 Å². The molecule has 4 nitrogen and oxygen atoms in total. The van der Waals surface area contributed by atoms with Crippen molar-refractivity contribution in [1.82, 2.24) is 4.90 Å². The van der Waals surface area contributed by atoms with Gasteiger partial charge in [-0.2, -0.15) is 0 Å². The van der Waals surface area contributed by atoms with Crippen molar-refractivity contribution >= 4 is 5.91 Å². The highest BCUT2D eigenvalue weighted by atomic mass is 16.5. The van der Waals surface area contributed by atoms with Crippen LogP contribution in [-0.2, 0) is 23.0 Å². The van der Waals surface area contributed by atoms with Gasteiger partial charge in [0.05, 0.1) is 6.61 Å². The first-order chi connectivity index (χ1) is 17.2. The highest BCUT2D eigenvalue weighted by Gasteiger charge is 2.49. The summed E-state index contributed by atoms with van der Waals surface area (Å²) in [5.41, 5.74) is 7.70. The molecule has 2 heterocycles. The van der Waals surface area contributed by atoms with Crippen LogP contribution in [0, 0.1) is 5.92 Å². The van der Waals surface area contributed by atoms with E-state index in [1.165, 1.54) is 4.90 Å². The van der Waals surface area contributed by atoms with Gasteiger partial charge in [-0.3, -0.25) is 4.79 Å². The van der Waals surface area contributed by atoms with Crippen molar-refractivity contribution < 1.29 is 15.0 Å². The van der Waals surface area contributed by atoms with E-state index in [0.29, 0.717) is 26.0 Å². The lowest BCUT2D eigenvalue weighted by Gasteiger charge is -2.37. The molecule has 1 unspecified atom stereocenters. The zero-order chi connectivity index (χ0) is 25.6. The number of likely N-dealkylation sites (tertiary alicyclic amines) is 1. The molecule has 2 aliphatic heterocycles. The molecule has 1 fully saturated rings. The number of nitrogens with two attached hydrogens (primary N) is 1. The molecule has 3 aromatic rings. The van der Waals surface area contributed by atoms with Crippen LogP contribution in [0.4, 0.5) is 0 Å². The first-order valence-corrected chi connectivity index (χ1v) is 11.1. The number of carbonyl (C=O) groups excluding carboxylic acids is 1. The van der Waals surface area contributed by atoms with Crippen LogP contribution < -0.4 is 10.5 Å². The fourth-order valence-corrected chi connectivity index (χ4v) is 5.15. The zero-order valence-electron chi connectivity index (χ0n) is 22.0. The Morgan fingerprint density at radius 3 is 2.41 bits per heavy atom. The van der Waals surface area contributed by atoms with Crippen LogP contribution in [-0.4, -0.2) is 37.0 Å². The second kappa shape index (κ2) is 8.79. The Kier molecular flexibility index (Phi) is 4.54. The van der Waals surface area contributed by atoms with Crippen molar-refractivity contribution in [2.45, 2.75) is 24.6 Å². The predicted octanol–water partition coefficient (Wildman–Crippen LogP) is 3.96. The van der Waals surface area contributed by atoms with Crippen molar-refractivity contribution in [2.24, 2.45) is 11.7 Å². The number of amides is 1. The maximum absolute atomic E-state index is 13.3. The summed E-state index contributed by atoms with van der Waals surface area (Å²) in [5, 5.41) is 0. The molecule has 2 aliphatic rings. The van der Waals surface area contributed by atoms with Crippen LogP contribution in [0.25, 0.3) is 0 Å². The average Bonchev–Trinajstić information content (AvgIpc) is 3.56. The summed E-state index contributed by atoms with van der Waals surface area (Å²) in [4.78, 5) is 14.8. The SMILES string of the molecule is [2H]C([2H])(c1ccc2c(c1)CCO2)C([2H])([2H])N1CCC(C(C(N)=O)(c2ccccc2)c2ccccc2)C1. The molecule has 1 amide bonds. The minimum absolute atomic E-state index is 0.188. The van der Waals surface area contributed by atoms with Crippen molar-refractivity contribution in [1.29, 1.82) is 0 Å². The molecule has 0 aromatic heterocycles. The van der Waals surface area contributed by atoms with Crippen molar-refractivity contribution in [2.75, 3.05) is 26.2 Å². The van der Waals surface area contributed by atoms with E-state index in [1.807, 2.05) is 60.7 Å². The maximum atomic E-state index is 13.3. The van der Waals surface area contributed by atoms with Gasteiger partial charge < -0.3 is 15.4 Å². The summed E-state index contributed by atoms with van der Waals surface area (Å²) in [6, 6.07) is 23.9. The Labute approximate surface area is 195 Å². The topological polar surface area (TPSA) is 55.6 Å². The van der Waals surface area contributed by atoms with Crippen molar-refractivity contribution in [3.8, 4) is 5.75 Å². The molecular formula is C28H30N2O2. The van der Waals surface area contributed by atoms with E-state index in [1.54, 1.807) is 18.2 Å². The Morgan fingerprint density at radius 2 is 1.75 bits per heavy atom. The molecule has 164 valence electrons. The number of hydrogen-bond donors (Lipinski definition) is 1. The Balaban J connectivity index is 1.51. The summed E-state index contributed by atoms with van der Waals surface area (Å²) < 4.78 is 41.1. The highest BCUT2D eigenvalue weighted by Crippen LogP contribution is 2.43. The monoisotopic (exact) mass is 430 g/mol. The number of hydrogen-bond acceptors (Lipinski definition) is 3. The summed E-state index contributed by atoms with van der Waals surface area (Å²) in [7, 11) is 0. The van der Waals surface area contributed by atoms with E-state index >= 15 is 0 Å². The van der Waals surface area contributed by atoms with Gasteiger partial charge in [0.15, 0.2) is 0 Å². The Bertz CT molecular complexity index is 1210. The number of ether oxygens (including phenoxy) is 1. The van der Waals surface area contributed by atoms with Crippen molar-refractivity contribution in [3.05, 3.63) is 101 Å². The molecule has 0 aliphatic carbocycles. The minimum atomic E-state index is -2.31. The fourth-order valence-electron chi connectivity index (χ4n) is 5.15. The van der Waals surface area contributed by atoms with Crippen molar-refractivity contribution in [3.63, 3.8) is 0 Å². The van der Waals surface area contributed by atoms with Gasteiger partial charge in [0.25, 0.3) is 0 Å². The van der Waals surface area contributed by atoms with Crippen LogP contribution in [0.2, 0.25) is 0 Å². The van der Waals surface area contributed by atoms with E-state index < -0.39 is 24.2 Å². The van der Waals surface area contributed by atoms with Gasteiger partial charge in [-0.25, -0.2) is 0 Å². The van der Waals surface area contributed by atoms with Gasteiger partial charge in [0.2, 0.25) is 5.91 Å². The molecule has 2 N–H and O–H groups in total. The second-order valence-corrected chi connectivity index (χ2v) is 8.49. The van der Waals surface area contributed by atoms with Gasteiger partial charge in [-0.05, 0) is 53.6 Å². The number of nitrogens with zero attached hydrogens (tertiary/aromatic N) is 1. The fraction of sp³-hybridized carbons (Fsp3) is 0.321. The van der Waals surface area contributed by atoms with Crippen LogP contribution in [0.3, 0.4) is 0 Å². The second-order valence-electron chi connectivity index (χ2n) is 8.49. The van der Waals surface area contributed by atoms with Gasteiger partial charge in [-0.15, -0.1) is 0 Å². The Morgan fingerprint density at radius 1 is 1.06 bits per heavy atom. The first-order valence-electron chi connectivity index (χ1n) is 13.1. The number of fused-ring (bicyclic) bond motifs is 1. The van der Waals surface area contributed by atoms with E-state index in [9.17, 15) is 4.79 Å². The lowest BCUT2D eigenvalue weighted by atomic mass is 9.64. The summed E-state index contributed by atoms with van der Waals surface area (Å²) in [5.74, 6) is -0.0960. The minimum Gasteiger partial charge on any atom is -0.493 e. The lowest BCUT2D eigenvalue weighted by Crippen LogP contribution is -2.49. The van der Waals surface area contributed by atoms with Crippen LogP contribution in [0.15, 0.2) is 78.9 Å². The maximum Gasteiger partial charge on any atom is 0.232 e.